The SMILES string of the molecule is COCCOC(=O)N1C2CCC(N3CCC4(CC3)CN(C(=O)OC3CCC3)Cc3ccccc34)CC1CC2. The van der Waals surface area contributed by atoms with Crippen LogP contribution in [0.1, 0.15) is 75.3 Å². The van der Waals surface area contributed by atoms with Gasteiger partial charge in [0.05, 0.1) is 6.61 Å². The van der Waals surface area contributed by atoms with Crippen LogP contribution >= 0.6 is 0 Å². The fourth-order valence-corrected chi connectivity index (χ4v) is 7.68. The molecule has 8 nitrogen and oxygen atoms in total. The molecular formula is C30H43N3O5. The van der Waals surface area contributed by atoms with Gasteiger partial charge in [-0.05, 0) is 88.4 Å². The second-order valence-electron chi connectivity index (χ2n) is 12.1. The van der Waals surface area contributed by atoms with Crippen molar-refractivity contribution in [3.8, 4) is 0 Å². The Kier molecular flexibility index (Phi) is 7.54. The Bertz CT molecular complexity index is 1010. The molecule has 1 aromatic carbocycles. The highest BCUT2D eigenvalue weighted by Crippen LogP contribution is 2.44. The normalized spacial score (nSPS) is 28.9. The van der Waals surface area contributed by atoms with Crippen LogP contribution in [-0.4, -0.2) is 91.1 Å². The van der Waals surface area contributed by atoms with Crippen molar-refractivity contribution in [2.45, 2.75) is 100 Å². The number of benzene rings is 1. The van der Waals surface area contributed by atoms with Gasteiger partial charge < -0.3 is 28.9 Å². The lowest BCUT2D eigenvalue weighted by Gasteiger charge is -2.50. The molecule has 208 valence electrons. The number of amides is 2. The van der Waals surface area contributed by atoms with Crippen molar-refractivity contribution in [2.24, 2.45) is 0 Å². The fraction of sp³-hybridized carbons (Fsp3) is 0.733. The van der Waals surface area contributed by atoms with Gasteiger partial charge in [0.2, 0.25) is 0 Å². The van der Waals surface area contributed by atoms with E-state index >= 15 is 0 Å². The number of carbonyl (C=O) groups is 2. The van der Waals surface area contributed by atoms with Crippen molar-refractivity contribution in [3.05, 3.63) is 35.4 Å². The third kappa shape index (κ3) is 5.02. The maximum Gasteiger partial charge on any atom is 0.410 e. The van der Waals surface area contributed by atoms with E-state index in [4.69, 9.17) is 14.2 Å². The summed E-state index contributed by atoms with van der Waals surface area (Å²) in [7, 11) is 1.63. The van der Waals surface area contributed by atoms with E-state index in [1.54, 1.807) is 7.11 Å². The van der Waals surface area contributed by atoms with Gasteiger partial charge in [0.15, 0.2) is 0 Å². The van der Waals surface area contributed by atoms with Crippen LogP contribution in [0.5, 0.6) is 0 Å². The lowest BCUT2D eigenvalue weighted by atomic mass is 9.68. The Morgan fingerprint density at radius 2 is 1.66 bits per heavy atom. The Morgan fingerprint density at radius 1 is 0.921 bits per heavy atom. The molecule has 6 rings (SSSR count). The topological polar surface area (TPSA) is 71.6 Å². The van der Waals surface area contributed by atoms with E-state index < -0.39 is 0 Å². The van der Waals surface area contributed by atoms with Gasteiger partial charge in [-0.25, -0.2) is 9.59 Å². The van der Waals surface area contributed by atoms with Gasteiger partial charge in [0.1, 0.15) is 12.7 Å². The Balaban J connectivity index is 1.11. The second kappa shape index (κ2) is 11.0. The largest absolute Gasteiger partial charge is 0.447 e. The zero-order chi connectivity index (χ0) is 26.1. The number of likely N-dealkylation sites (tertiary alicyclic amines) is 1. The molecule has 3 atom stereocenters. The summed E-state index contributed by atoms with van der Waals surface area (Å²) in [6.45, 7) is 4.21. The molecule has 4 aliphatic heterocycles. The lowest BCUT2D eigenvalue weighted by molar-refractivity contribution is 0.0101. The molecule has 4 heterocycles. The second-order valence-corrected chi connectivity index (χ2v) is 12.1. The first-order valence-corrected chi connectivity index (χ1v) is 14.8. The first-order chi connectivity index (χ1) is 18.6. The number of carbonyl (C=O) groups excluding carboxylic acids is 2. The van der Waals surface area contributed by atoms with Crippen molar-refractivity contribution in [1.29, 1.82) is 0 Å². The van der Waals surface area contributed by atoms with Crippen LogP contribution in [0.2, 0.25) is 0 Å². The molecule has 3 saturated heterocycles. The van der Waals surface area contributed by atoms with Gasteiger partial charge in [0, 0.05) is 43.7 Å². The highest BCUT2D eigenvalue weighted by Gasteiger charge is 2.47. The molecule has 0 N–H and O–H groups in total. The number of hydrogen-bond acceptors (Lipinski definition) is 6. The van der Waals surface area contributed by atoms with Crippen LogP contribution in [-0.2, 0) is 26.2 Å². The minimum atomic E-state index is -0.166. The molecule has 2 amide bonds. The van der Waals surface area contributed by atoms with Gasteiger partial charge in [0.25, 0.3) is 0 Å². The molecule has 4 fully saturated rings. The monoisotopic (exact) mass is 525 g/mol. The quantitative estimate of drug-likeness (QED) is 0.520. The fourth-order valence-electron chi connectivity index (χ4n) is 7.68. The summed E-state index contributed by atoms with van der Waals surface area (Å²) < 4.78 is 16.4. The van der Waals surface area contributed by atoms with E-state index in [2.05, 4.69) is 29.2 Å². The van der Waals surface area contributed by atoms with Gasteiger partial charge in [-0.2, -0.15) is 0 Å². The van der Waals surface area contributed by atoms with Crippen molar-refractivity contribution < 1.29 is 23.8 Å². The number of piperidine rings is 1. The smallest absolute Gasteiger partial charge is 0.410 e. The molecule has 1 aromatic rings. The molecule has 1 spiro atoms. The average molecular weight is 526 g/mol. The summed E-state index contributed by atoms with van der Waals surface area (Å²) in [4.78, 5) is 32.6. The molecule has 8 heteroatoms. The number of methoxy groups -OCH3 is 1. The molecule has 3 unspecified atom stereocenters. The van der Waals surface area contributed by atoms with Crippen LogP contribution in [0, 0.1) is 0 Å². The summed E-state index contributed by atoms with van der Waals surface area (Å²) in [6.07, 6.45) is 10.4. The standard InChI is InChI=1S/C30H43N3O5/c1-36-17-18-37-29(35)33-23-9-11-24(19-25(33)12-10-23)31-15-13-30(14-16-31)21-32(28(34)38-26-6-4-7-26)20-22-5-2-3-8-27(22)30/h2-3,5,8,23-26H,4,6-7,9-21H2,1H3. The molecule has 2 bridgehead atoms. The number of ether oxygens (including phenoxy) is 3. The van der Waals surface area contributed by atoms with E-state index in [0.717, 1.165) is 83.8 Å². The predicted molar refractivity (Wildman–Crippen MR) is 143 cm³/mol. The maximum absolute atomic E-state index is 13.1. The van der Waals surface area contributed by atoms with Crippen LogP contribution in [0.25, 0.3) is 0 Å². The number of rotatable bonds is 5. The Morgan fingerprint density at radius 3 is 2.39 bits per heavy atom. The van der Waals surface area contributed by atoms with Crippen molar-refractivity contribution in [2.75, 3.05) is 40.0 Å². The highest BCUT2D eigenvalue weighted by atomic mass is 16.6. The highest BCUT2D eigenvalue weighted by molar-refractivity contribution is 5.69. The van der Waals surface area contributed by atoms with Crippen LogP contribution < -0.4 is 0 Å². The van der Waals surface area contributed by atoms with E-state index in [-0.39, 0.29) is 29.7 Å². The molecule has 1 aliphatic carbocycles. The van der Waals surface area contributed by atoms with Gasteiger partial charge in [-0.3, -0.25) is 0 Å². The molecule has 0 aromatic heterocycles. The third-order valence-electron chi connectivity index (χ3n) is 10.0. The molecule has 5 aliphatic rings. The first-order valence-electron chi connectivity index (χ1n) is 14.8. The molecule has 0 radical (unpaired) electrons. The zero-order valence-corrected chi connectivity index (χ0v) is 22.8. The lowest BCUT2D eigenvalue weighted by Crippen LogP contribution is -2.55. The minimum absolute atomic E-state index is 0.00903. The van der Waals surface area contributed by atoms with Crippen LogP contribution in [0.4, 0.5) is 9.59 Å². The van der Waals surface area contributed by atoms with E-state index in [9.17, 15) is 9.59 Å². The molecule has 38 heavy (non-hydrogen) atoms. The van der Waals surface area contributed by atoms with Gasteiger partial charge >= 0.3 is 12.2 Å². The van der Waals surface area contributed by atoms with Gasteiger partial charge in [-0.1, -0.05) is 24.3 Å². The zero-order valence-electron chi connectivity index (χ0n) is 22.8. The number of hydrogen-bond donors (Lipinski definition) is 0. The van der Waals surface area contributed by atoms with Crippen LogP contribution in [0.3, 0.4) is 0 Å². The summed E-state index contributed by atoms with van der Waals surface area (Å²) in [5.74, 6) is 0. The first kappa shape index (κ1) is 25.9. The summed E-state index contributed by atoms with van der Waals surface area (Å²) >= 11 is 0. The van der Waals surface area contributed by atoms with Crippen molar-refractivity contribution in [1.82, 2.24) is 14.7 Å². The van der Waals surface area contributed by atoms with E-state index in [0.29, 0.717) is 31.8 Å². The van der Waals surface area contributed by atoms with E-state index in [1.165, 1.54) is 11.1 Å². The third-order valence-corrected chi connectivity index (χ3v) is 10.0. The number of fused-ring (bicyclic) bond motifs is 4. The summed E-state index contributed by atoms with van der Waals surface area (Å²) in [5.41, 5.74) is 2.69. The van der Waals surface area contributed by atoms with Gasteiger partial charge in [-0.15, -0.1) is 0 Å². The Hall–Kier alpha value is -2.32. The predicted octanol–water partition coefficient (Wildman–Crippen LogP) is 4.69. The average Bonchev–Trinajstić information content (AvgIpc) is 3.20. The van der Waals surface area contributed by atoms with Crippen molar-refractivity contribution >= 4 is 12.2 Å². The summed E-state index contributed by atoms with van der Waals surface area (Å²) in [6, 6.07) is 9.79. The van der Waals surface area contributed by atoms with Crippen LogP contribution in [0.15, 0.2) is 24.3 Å². The molecular weight excluding hydrogens is 482 g/mol. The molecule has 1 saturated carbocycles. The summed E-state index contributed by atoms with van der Waals surface area (Å²) in [5, 5.41) is 0. The maximum atomic E-state index is 13.1. The van der Waals surface area contributed by atoms with E-state index in [1.807, 2.05) is 9.80 Å². The Labute approximate surface area is 226 Å². The minimum Gasteiger partial charge on any atom is -0.447 e. The number of nitrogens with zero attached hydrogens (tertiary/aromatic N) is 3. The van der Waals surface area contributed by atoms with Crippen molar-refractivity contribution in [3.63, 3.8) is 0 Å².